The summed E-state index contributed by atoms with van der Waals surface area (Å²) in [4.78, 5) is 0. The van der Waals surface area contributed by atoms with E-state index in [9.17, 15) is 4.39 Å². The number of anilines is 1. The van der Waals surface area contributed by atoms with Gasteiger partial charge in [-0.2, -0.15) is 0 Å². The summed E-state index contributed by atoms with van der Waals surface area (Å²) in [6.07, 6.45) is 0. The fraction of sp³-hybridized carbons (Fsp3) is 0.333. The Labute approximate surface area is 70.3 Å². The van der Waals surface area contributed by atoms with Gasteiger partial charge in [-0.3, -0.25) is 0 Å². The normalized spacial score (nSPS) is 14.5. The Balaban J connectivity index is 2.53. The molecule has 1 aliphatic rings. The van der Waals surface area contributed by atoms with Crippen LogP contribution in [-0.2, 0) is 0 Å². The molecule has 0 radical (unpaired) electrons. The van der Waals surface area contributed by atoms with Crippen LogP contribution < -0.4 is 10.1 Å². The number of benzene rings is 1. The van der Waals surface area contributed by atoms with Gasteiger partial charge < -0.3 is 10.1 Å². The van der Waals surface area contributed by atoms with Gasteiger partial charge in [-0.25, -0.2) is 4.39 Å². The van der Waals surface area contributed by atoms with Crippen molar-refractivity contribution in [3.8, 4) is 5.75 Å². The van der Waals surface area contributed by atoms with E-state index in [1.54, 1.807) is 0 Å². The number of hydrogen-bond acceptors (Lipinski definition) is 2. The second-order valence-corrected chi connectivity index (χ2v) is 2.90. The minimum atomic E-state index is -0.280. The van der Waals surface area contributed by atoms with Crippen molar-refractivity contribution in [1.82, 2.24) is 0 Å². The fourth-order valence-corrected chi connectivity index (χ4v) is 1.35. The smallest absolute Gasteiger partial charge is 0.178 e. The summed E-state index contributed by atoms with van der Waals surface area (Å²) in [6.45, 7) is 3.14. The zero-order valence-corrected chi connectivity index (χ0v) is 6.86. The molecule has 2 nitrogen and oxygen atoms in total. The highest BCUT2D eigenvalue weighted by Crippen LogP contribution is 2.31. The summed E-state index contributed by atoms with van der Waals surface area (Å²) >= 11 is 0. The molecule has 1 heterocycles. The summed E-state index contributed by atoms with van der Waals surface area (Å²) in [5.74, 6) is 0.0732. The first-order chi connectivity index (χ1) is 5.77. The highest BCUT2D eigenvalue weighted by Gasteiger charge is 2.14. The maximum atomic E-state index is 13.2. The molecule has 1 aliphatic heterocycles. The monoisotopic (exact) mass is 167 g/mol. The molecule has 0 saturated heterocycles. The lowest BCUT2D eigenvalue weighted by Gasteiger charge is -2.19. The number of aryl methyl sites for hydroxylation is 1. The lowest BCUT2D eigenvalue weighted by Crippen LogP contribution is -2.18. The Morgan fingerprint density at radius 3 is 3.17 bits per heavy atom. The molecule has 1 aromatic rings. The first kappa shape index (κ1) is 7.40. The van der Waals surface area contributed by atoms with Gasteiger partial charge in [-0.15, -0.1) is 0 Å². The Kier molecular flexibility index (Phi) is 1.64. The van der Waals surface area contributed by atoms with Crippen molar-refractivity contribution < 1.29 is 9.13 Å². The number of rotatable bonds is 0. The van der Waals surface area contributed by atoms with Crippen molar-refractivity contribution in [3.05, 3.63) is 23.5 Å². The van der Waals surface area contributed by atoms with E-state index in [2.05, 4.69) is 5.32 Å². The van der Waals surface area contributed by atoms with Crippen molar-refractivity contribution in [1.29, 1.82) is 0 Å². The standard InChI is InChI=1S/C9H10FNO/c1-6-4-7(10)9-8(5-6)11-2-3-12-9/h4-5,11H,2-3H2,1H3. The molecular formula is C9H10FNO. The zero-order chi connectivity index (χ0) is 8.55. The molecule has 0 amide bonds. The van der Waals surface area contributed by atoms with Crippen LogP contribution in [0.25, 0.3) is 0 Å². The molecular weight excluding hydrogens is 157 g/mol. The number of ether oxygens (including phenoxy) is 1. The highest BCUT2D eigenvalue weighted by atomic mass is 19.1. The third kappa shape index (κ3) is 1.11. The van der Waals surface area contributed by atoms with E-state index in [0.717, 1.165) is 17.8 Å². The van der Waals surface area contributed by atoms with Gasteiger partial charge in [-0.1, -0.05) is 0 Å². The van der Waals surface area contributed by atoms with Crippen molar-refractivity contribution in [3.63, 3.8) is 0 Å². The van der Waals surface area contributed by atoms with E-state index in [1.807, 2.05) is 13.0 Å². The molecule has 12 heavy (non-hydrogen) atoms. The molecule has 64 valence electrons. The fourth-order valence-electron chi connectivity index (χ4n) is 1.35. The highest BCUT2D eigenvalue weighted by molar-refractivity contribution is 5.59. The predicted octanol–water partition coefficient (Wildman–Crippen LogP) is 1.94. The molecule has 0 aliphatic carbocycles. The summed E-state index contributed by atoms with van der Waals surface area (Å²) in [5, 5.41) is 3.08. The van der Waals surface area contributed by atoms with Crippen molar-refractivity contribution in [2.75, 3.05) is 18.5 Å². The number of hydrogen-bond donors (Lipinski definition) is 1. The summed E-state index contributed by atoms with van der Waals surface area (Å²) < 4.78 is 18.3. The molecule has 1 aromatic carbocycles. The SMILES string of the molecule is Cc1cc(F)c2c(c1)NCCO2. The van der Waals surface area contributed by atoms with Gasteiger partial charge in [0, 0.05) is 6.54 Å². The van der Waals surface area contributed by atoms with Gasteiger partial charge in [0.15, 0.2) is 11.6 Å². The summed E-state index contributed by atoms with van der Waals surface area (Å²) in [6, 6.07) is 3.36. The second kappa shape index (κ2) is 2.66. The molecule has 0 saturated carbocycles. The van der Waals surface area contributed by atoms with Crippen LogP contribution in [-0.4, -0.2) is 13.2 Å². The van der Waals surface area contributed by atoms with Gasteiger partial charge in [0.1, 0.15) is 6.61 Å². The Bertz CT molecular complexity index is 312. The second-order valence-electron chi connectivity index (χ2n) is 2.90. The lowest BCUT2D eigenvalue weighted by molar-refractivity contribution is 0.306. The van der Waals surface area contributed by atoms with Gasteiger partial charge in [-0.05, 0) is 24.6 Å². The topological polar surface area (TPSA) is 21.3 Å². The van der Waals surface area contributed by atoms with Gasteiger partial charge in [0.2, 0.25) is 0 Å². The van der Waals surface area contributed by atoms with Crippen LogP contribution in [0.2, 0.25) is 0 Å². The Morgan fingerprint density at radius 2 is 2.33 bits per heavy atom. The van der Waals surface area contributed by atoms with Crippen LogP contribution in [0.1, 0.15) is 5.56 Å². The van der Waals surface area contributed by atoms with Gasteiger partial charge in [0.05, 0.1) is 5.69 Å². The van der Waals surface area contributed by atoms with E-state index in [4.69, 9.17) is 4.74 Å². The molecule has 0 bridgehead atoms. The number of nitrogens with one attached hydrogen (secondary N) is 1. The third-order valence-electron chi connectivity index (χ3n) is 1.85. The van der Waals surface area contributed by atoms with Crippen LogP contribution >= 0.6 is 0 Å². The molecule has 1 N–H and O–H groups in total. The largest absolute Gasteiger partial charge is 0.486 e. The van der Waals surface area contributed by atoms with Crippen LogP contribution in [0.4, 0.5) is 10.1 Å². The first-order valence-corrected chi connectivity index (χ1v) is 3.94. The Morgan fingerprint density at radius 1 is 1.50 bits per heavy atom. The average molecular weight is 167 g/mol. The van der Waals surface area contributed by atoms with Gasteiger partial charge >= 0.3 is 0 Å². The van der Waals surface area contributed by atoms with Crippen LogP contribution in [0, 0.1) is 12.7 Å². The molecule has 0 atom stereocenters. The van der Waals surface area contributed by atoms with E-state index < -0.39 is 0 Å². The quantitative estimate of drug-likeness (QED) is 0.637. The third-order valence-corrected chi connectivity index (χ3v) is 1.85. The molecule has 0 aromatic heterocycles. The summed E-state index contributed by atoms with van der Waals surface area (Å²) in [5.41, 5.74) is 1.67. The Hall–Kier alpha value is -1.25. The van der Waals surface area contributed by atoms with Crippen LogP contribution in [0.15, 0.2) is 12.1 Å². The van der Waals surface area contributed by atoms with Gasteiger partial charge in [0.25, 0.3) is 0 Å². The van der Waals surface area contributed by atoms with Crippen molar-refractivity contribution in [2.45, 2.75) is 6.92 Å². The molecule has 2 rings (SSSR count). The van der Waals surface area contributed by atoms with Crippen LogP contribution in [0.5, 0.6) is 5.75 Å². The lowest BCUT2D eigenvalue weighted by atomic mass is 10.2. The summed E-state index contributed by atoms with van der Waals surface area (Å²) in [7, 11) is 0. The van der Waals surface area contributed by atoms with Crippen molar-refractivity contribution in [2.24, 2.45) is 0 Å². The molecule has 0 spiro atoms. The molecule has 0 fully saturated rings. The number of fused-ring (bicyclic) bond motifs is 1. The molecule has 0 unspecified atom stereocenters. The minimum absolute atomic E-state index is 0.280. The van der Waals surface area contributed by atoms with E-state index in [0.29, 0.717) is 12.4 Å². The predicted molar refractivity (Wildman–Crippen MR) is 45.1 cm³/mol. The van der Waals surface area contributed by atoms with Crippen molar-refractivity contribution >= 4 is 5.69 Å². The van der Waals surface area contributed by atoms with E-state index in [1.165, 1.54) is 6.07 Å². The maximum Gasteiger partial charge on any atom is 0.178 e. The van der Waals surface area contributed by atoms with E-state index >= 15 is 0 Å². The van der Waals surface area contributed by atoms with E-state index in [-0.39, 0.29) is 5.82 Å². The average Bonchev–Trinajstić information content (AvgIpc) is 2.04. The zero-order valence-electron chi connectivity index (χ0n) is 6.86. The number of halogens is 1. The maximum absolute atomic E-state index is 13.2. The van der Waals surface area contributed by atoms with Crippen LogP contribution in [0.3, 0.4) is 0 Å². The molecule has 3 heteroatoms. The first-order valence-electron chi connectivity index (χ1n) is 3.94. The minimum Gasteiger partial charge on any atom is -0.486 e.